The Kier molecular flexibility index (Phi) is 3.38. The molecule has 0 aromatic carbocycles. The molecule has 1 saturated carbocycles. The van der Waals surface area contributed by atoms with Gasteiger partial charge in [0.1, 0.15) is 6.04 Å². The second kappa shape index (κ2) is 4.64. The van der Waals surface area contributed by atoms with Crippen LogP contribution in [0.3, 0.4) is 0 Å². The number of carbonyl (C=O) groups is 2. The fourth-order valence-corrected chi connectivity index (χ4v) is 2.68. The van der Waals surface area contributed by atoms with Gasteiger partial charge in [0.05, 0.1) is 6.42 Å². The van der Waals surface area contributed by atoms with Crippen molar-refractivity contribution in [2.24, 2.45) is 5.92 Å². The molecule has 1 heterocycles. The van der Waals surface area contributed by atoms with E-state index >= 15 is 0 Å². The summed E-state index contributed by atoms with van der Waals surface area (Å²) >= 11 is 0. The third-order valence-corrected chi connectivity index (χ3v) is 3.55. The lowest BCUT2D eigenvalue weighted by atomic mass is 10.1. The van der Waals surface area contributed by atoms with E-state index in [2.05, 4.69) is 11.8 Å². The first-order chi connectivity index (χ1) is 7.99. The molecule has 0 spiro atoms. The van der Waals surface area contributed by atoms with Crippen LogP contribution in [0.1, 0.15) is 26.2 Å². The molecule has 0 aromatic heterocycles. The highest BCUT2D eigenvalue weighted by Crippen LogP contribution is 2.32. The van der Waals surface area contributed by atoms with Gasteiger partial charge in [-0.05, 0) is 18.8 Å². The Balaban J connectivity index is 2.18. The first-order valence-electron chi connectivity index (χ1n) is 6.21. The molecule has 1 aliphatic carbocycles. The quantitative estimate of drug-likeness (QED) is 0.776. The van der Waals surface area contributed by atoms with Crippen LogP contribution < -0.4 is 0 Å². The molecule has 0 radical (unpaired) electrons. The Morgan fingerprint density at radius 2 is 2.06 bits per heavy atom. The summed E-state index contributed by atoms with van der Waals surface area (Å²) in [7, 11) is 1.77. The zero-order valence-corrected chi connectivity index (χ0v) is 10.4. The smallest absolute Gasteiger partial charge is 0.305 e. The Hall–Kier alpha value is -1.10. The number of carbonyl (C=O) groups excluding carboxylic acids is 1. The van der Waals surface area contributed by atoms with Gasteiger partial charge >= 0.3 is 5.97 Å². The zero-order chi connectivity index (χ0) is 12.6. The predicted octanol–water partition coefficient (Wildman–Crippen LogP) is 0.402. The van der Waals surface area contributed by atoms with Gasteiger partial charge in [0, 0.05) is 26.2 Å². The minimum Gasteiger partial charge on any atom is -0.481 e. The molecule has 2 atom stereocenters. The second-order valence-corrected chi connectivity index (χ2v) is 5.37. The Bertz CT molecular complexity index is 328. The number of carboxylic acids is 1. The van der Waals surface area contributed by atoms with Crippen LogP contribution in [0, 0.1) is 5.92 Å². The van der Waals surface area contributed by atoms with Crippen LogP contribution in [0.15, 0.2) is 0 Å². The van der Waals surface area contributed by atoms with E-state index in [0.29, 0.717) is 12.0 Å². The van der Waals surface area contributed by atoms with E-state index in [4.69, 9.17) is 5.11 Å². The number of rotatable bonds is 3. The monoisotopic (exact) mass is 240 g/mol. The fraction of sp³-hybridized carbons (Fsp3) is 0.833. The van der Waals surface area contributed by atoms with Gasteiger partial charge in [0.2, 0.25) is 5.91 Å². The second-order valence-electron chi connectivity index (χ2n) is 5.37. The molecule has 2 unspecified atom stereocenters. The van der Waals surface area contributed by atoms with Crippen LogP contribution >= 0.6 is 0 Å². The molecule has 2 aliphatic rings. The van der Waals surface area contributed by atoms with Gasteiger partial charge < -0.3 is 10.0 Å². The van der Waals surface area contributed by atoms with Gasteiger partial charge in [-0.1, -0.05) is 6.92 Å². The van der Waals surface area contributed by atoms with Gasteiger partial charge in [-0.2, -0.15) is 0 Å². The highest BCUT2D eigenvalue weighted by atomic mass is 16.4. The molecule has 1 amide bonds. The molecular weight excluding hydrogens is 220 g/mol. The van der Waals surface area contributed by atoms with E-state index in [1.165, 1.54) is 0 Å². The topological polar surface area (TPSA) is 60.9 Å². The molecule has 1 N–H and O–H groups in total. The summed E-state index contributed by atoms with van der Waals surface area (Å²) in [6, 6.07) is -0.0350. The maximum absolute atomic E-state index is 12.2. The van der Waals surface area contributed by atoms with Gasteiger partial charge in [0.15, 0.2) is 0 Å². The van der Waals surface area contributed by atoms with Crippen LogP contribution in [0.4, 0.5) is 0 Å². The fourth-order valence-electron chi connectivity index (χ4n) is 2.68. The lowest BCUT2D eigenvalue weighted by molar-refractivity contribution is -0.144. The molecule has 2 fully saturated rings. The van der Waals surface area contributed by atoms with Gasteiger partial charge in [-0.25, -0.2) is 0 Å². The van der Waals surface area contributed by atoms with Crippen LogP contribution in [-0.2, 0) is 9.59 Å². The Morgan fingerprint density at radius 3 is 2.59 bits per heavy atom. The van der Waals surface area contributed by atoms with Crippen molar-refractivity contribution in [3.05, 3.63) is 0 Å². The predicted molar refractivity (Wildman–Crippen MR) is 62.6 cm³/mol. The normalized spacial score (nSPS) is 31.4. The molecule has 1 aliphatic heterocycles. The minimum atomic E-state index is -0.892. The average molecular weight is 240 g/mol. The molecule has 2 rings (SSSR count). The highest BCUT2D eigenvalue weighted by Gasteiger charge is 2.41. The van der Waals surface area contributed by atoms with Crippen LogP contribution in [0.25, 0.3) is 0 Å². The van der Waals surface area contributed by atoms with E-state index in [0.717, 1.165) is 25.9 Å². The molecule has 0 aromatic rings. The number of likely N-dealkylation sites (N-methyl/N-ethyl adjacent to an activating group) is 1. The largest absolute Gasteiger partial charge is 0.481 e. The SMILES string of the molecule is CC1CN(C)C(=O)C(CC(=O)O)N(C2CC2)C1. The van der Waals surface area contributed by atoms with Crippen molar-refractivity contribution >= 4 is 11.9 Å². The van der Waals surface area contributed by atoms with Crippen LogP contribution in [0.2, 0.25) is 0 Å². The van der Waals surface area contributed by atoms with E-state index in [-0.39, 0.29) is 12.3 Å². The lowest BCUT2D eigenvalue weighted by Crippen LogP contribution is -2.47. The molecule has 5 nitrogen and oxygen atoms in total. The van der Waals surface area contributed by atoms with Crippen molar-refractivity contribution in [1.82, 2.24) is 9.80 Å². The summed E-state index contributed by atoms with van der Waals surface area (Å²) in [5.74, 6) is -0.524. The van der Waals surface area contributed by atoms with Crippen molar-refractivity contribution in [3.8, 4) is 0 Å². The summed E-state index contributed by atoms with van der Waals surface area (Å²) < 4.78 is 0. The zero-order valence-electron chi connectivity index (χ0n) is 10.4. The first kappa shape index (κ1) is 12.4. The summed E-state index contributed by atoms with van der Waals surface area (Å²) in [5, 5.41) is 8.95. The molecule has 17 heavy (non-hydrogen) atoms. The Morgan fingerprint density at radius 1 is 1.41 bits per heavy atom. The summed E-state index contributed by atoms with van der Waals surface area (Å²) in [5.41, 5.74) is 0. The molecular formula is C12H20N2O3. The summed E-state index contributed by atoms with van der Waals surface area (Å²) in [6.07, 6.45) is 2.12. The number of carboxylic acid groups (broad SMARTS) is 1. The van der Waals surface area contributed by atoms with Gasteiger partial charge in [-0.15, -0.1) is 0 Å². The first-order valence-corrected chi connectivity index (χ1v) is 6.21. The van der Waals surface area contributed by atoms with Gasteiger partial charge in [0.25, 0.3) is 0 Å². The average Bonchev–Trinajstić information content (AvgIpc) is 3.04. The van der Waals surface area contributed by atoms with Crippen molar-refractivity contribution < 1.29 is 14.7 Å². The third-order valence-electron chi connectivity index (χ3n) is 3.55. The van der Waals surface area contributed by atoms with E-state index in [1.807, 2.05) is 0 Å². The van der Waals surface area contributed by atoms with Crippen molar-refractivity contribution in [2.45, 2.75) is 38.3 Å². The number of hydrogen-bond donors (Lipinski definition) is 1. The van der Waals surface area contributed by atoms with E-state index in [9.17, 15) is 9.59 Å². The minimum absolute atomic E-state index is 0.0383. The van der Waals surface area contributed by atoms with Crippen molar-refractivity contribution in [1.29, 1.82) is 0 Å². The highest BCUT2D eigenvalue weighted by molar-refractivity contribution is 5.86. The third kappa shape index (κ3) is 2.77. The molecule has 5 heteroatoms. The lowest BCUT2D eigenvalue weighted by Gasteiger charge is -2.28. The standard InChI is InChI=1S/C12H20N2O3/c1-8-6-13(2)12(17)10(5-11(15)16)14(7-8)9-3-4-9/h8-10H,3-7H2,1-2H3,(H,15,16). The van der Waals surface area contributed by atoms with Crippen molar-refractivity contribution in [3.63, 3.8) is 0 Å². The molecule has 1 saturated heterocycles. The molecule has 96 valence electrons. The van der Waals surface area contributed by atoms with Crippen molar-refractivity contribution in [2.75, 3.05) is 20.1 Å². The molecule has 0 bridgehead atoms. The number of amides is 1. The number of hydrogen-bond acceptors (Lipinski definition) is 3. The number of nitrogens with zero attached hydrogens (tertiary/aromatic N) is 2. The van der Waals surface area contributed by atoms with Crippen LogP contribution in [-0.4, -0.2) is 59.0 Å². The maximum atomic E-state index is 12.2. The Labute approximate surface area is 101 Å². The summed E-state index contributed by atoms with van der Waals surface area (Å²) in [6.45, 7) is 3.67. The van der Waals surface area contributed by atoms with E-state index < -0.39 is 12.0 Å². The maximum Gasteiger partial charge on any atom is 0.305 e. The summed E-state index contributed by atoms with van der Waals surface area (Å²) in [4.78, 5) is 26.9. The van der Waals surface area contributed by atoms with Gasteiger partial charge in [-0.3, -0.25) is 14.5 Å². The van der Waals surface area contributed by atoms with Crippen LogP contribution in [0.5, 0.6) is 0 Å². The number of aliphatic carboxylic acids is 1. The van der Waals surface area contributed by atoms with E-state index in [1.54, 1.807) is 11.9 Å².